The average molecular weight is 200 g/mol. The number of nitrogens with one attached hydrogen (secondary N) is 1. The second-order valence-corrected chi connectivity index (χ2v) is 3.10. The summed E-state index contributed by atoms with van der Waals surface area (Å²) >= 11 is 16.5. The van der Waals surface area contributed by atoms with Gasteiger partial charge in [0.15, 0.2) is 0 Å². The van der Waals surface area contributed by atoms with E-state index in [1.54, 1.807) is 0 Å². The van der Waals surface area contributed by atoms with Crippen molar-refractivity contribution in [3.8, 4) is 0 Å². The highest BCUT2D eigenvalue weighted by Crippen LogP contribution is 2.16. The number of rotatable bonds is 0. The van der Waals surface area contributed by atoms with E-state index < -0.39 is 5.25 Å². The van der Waals surface area contributed by atoms with E-state index in [2.05, 4.69) is 10.3 Å². The van der Waals surface area contributed by atoms with Gasteiger partial charge in [-0.15, -0.1) is 0 Å². The number of alkyl halides is 1. The van der Waals surface area contributed by atoms with Gasteiger partial charge in [0.1, 0.15) is 10.3 Å². The van der Waals surface area contributed by atoms with Crippen molar-refractivity contribution in [2.45, 2.75) is 5.25 Å². The van der Waals surface area contributed by atoms with E-state index in [1.165, 1.54) is 6.08 Å². The van der Waals surface area contributed by atoms with Crippen LogP contribution in [0, 0.1) is 0 Å². The van der Waals surface area contributed by atoms with Gasteiger partial charge in [-0.2, -0.15) is 0 Å². The van der Waals surface area contributed by atoms with Crippen LogP contribution < -0.4 is 11.1 Å². The molecule has 6 heteroatoms. The predicted molar refractivity (Wildman–Crippen MR) is 43.1 cm³/mol. The maximum Gasteiger partial charge on any atom is 0.264 e. The highest BCUT2D eigenvalue weighted by molar-refractivity contribution is 6.69. The number of nitrogens with two attached hydrogens (primary N) is 1. The van der Waals surface area contributed by atoms with Crippen molar-refractivity contribution < 1.29 is 0 Å². The third kappa shape index (κ3) is 2.02. The van der Waals surface area contributed by atoms with Gasteiger partial charge >= 0.3 is 0 Å². The van der Waals surface area contributed by atoms with Crippen molar-refractivity contribution in [2.24, 2.45) is 10.7 Å². The van der Waals surface area contributed by atoms with Gasteiger partial charge in [0.25, 0.3) is 5.25 Å². The Morgan fingerprint density at radius 3 is 2.60 bits per heavy atom. The zero-order chi connectivity index (χ0) is 7.78. The van der Waals surface area contributed by atoms with Crippen LogP contribution in [0.1, 0.15) is 0 Å². The van der Waals surface area contributed by atoms with Crippen LogP contribution in [0.4, 0.5) is 0 Å². The standard InChI is InChI=1S/C4H4Cl3N3/c5-2-1-3(6)10-4(7,8)9-2/h1,9H,8H2. The summed E-state index contributed by atoms with van der Waals surface area (Å²) in [5, 5.41) is 1.54. The van der Waals surface area contributed by atoms with Gasteiger partial charge in [-0.25, -0.2) is 4.99 Å². The zero-order valence-corrected chi connectivity index (χ0v) is 7.00. The van der Waals surface area contributed by atoms with Gasteiger partial charge in [-0.1, -0.05) is 34.8 Å². The van der Waals surface area contributed by atoms with Gasteiger partial charge in [0.05, 0.1) is 0 Å². The zero-order valence-electron chi connectivity index (χ0n) is 4.74. The lowest BCUT2D eigenvalue weighted by atomic mass is 10.5. The molecular weight excluding hydrogens is 196 g/mol. The summed E-state index contributed by atoms with van der Waals surface area (Å²) in [6.45, 7) is 0. The second kappa shape index (κ2) is 2.58. The Kier molecular flexibility index (Phi) is 2.10. The fraction of sp³-hybridized carbons (Fsp3) is 0.250. The molecule has 10 heavy (non-hydrogen) atoms. The minimum absolute atomic E-state index is 0.182. The molecule has 0 aliphatic carbocycles. The molecule has 0 saturated carbocycles. The van der Waals surface area contributed by atoms with E-state index in [-0.39, 0.29) is 10.3 Å². The minimum Gasteiger partial charge on any atom is -0.326 e. The first-order valence-corrected chi connectivity index (χ1v) is 3.51. The molecule has 1 aliphatic rings. The molecule has 1 aliphatic heterocycles. The smallest absolute Gasteiger partial charge is 0.264 e. The Hall–Kier alpha value is 0.0400. The maximum atomic E-state index is 5.53. The van der Waals surface area contributed by atoms with Crippen LogP contribution >= 0.6 is 34.8 Å². The van der Waals surface area contributed by atoms with Crippen molar-refractivity contribution in [1.29, 1.82) is 0 Å². The maximum absolute atomic E-state index is 5.53. The van der Waals surface area contributed by atoms with Gasteiger partial charge in [-0.05, 0) is 0 Å². The summed E-state index contributed by atoms with van der Waals surface area (Å²) in [5.41, 5.74) is 5.32. The van der Waals surface area contributed by atoms with Crippen LogP contribution in [-0.2, 0) is 0 Å². The van der Waals surface area contributed by atoms with E-state index in [0.717, 1.165) is 0 Å². The lowest BCUT2D eigenvalue weighted by Gasteiger charge is -2.22. The molecule has 1 rings (SSSR count). The van der Waals surface area contributed by atoms with Crippen molar-refractivity contribution >= 4 is 40.0 Å². The molecule has 0 aromatic heterocycles. The molecule has 1 heterocycles. The van der Waals surface area contributed by atoms with Crippen LogP contribution in [-0.4, -0.2) is 10.4 Å². The molecule has 0 saturated heterocycles. The largest absolute Gasteiger partial charge is 0.326 e. The number of nitrogens with zero attached hydrogens (tertiary/aromatic N) is 1. The molecule has 0 radical (unpaired) electrons. The Bertz CT molecular complexity index is 208. The van der Waals surface area contributed by atoms with Gasteiger partial charge in [0.2, 0.25) is 0 Å². The number of allylic oxidation sites excluding steroid dienone is 1. The molecule has 0 bridgehead atoms. The molecule has 0 spiro atoms. The molecule has 0 aromatic rings. The molecular formula is C4H4Cl3N3. The van der Waals surface area contributed by atoms with Crippen LogP contribution in [0.25, 0.3) is 0 Å². The molecule has 1 unspecified atom stereocenters. The second-order valence-electron chi connectivity index (χ2n) is 1.73. The van der Waals surface area contributed by atoms with Crippen LogP contribution in [0.2, 0.25) is 0 Å². The Labute approximate surface area is 72.8 Å². The normalized spacial score (nSPS) is 32.4. The summed E-state index contributed by atoms with van der Waals surface area (Å²) < 4.78 is 0. The van der Waals surface area contributed by atoms with Gasteiger partial charge < -0.3 is 5.32 Å². The molecule has 1 atom stereocenters. The van der Waals surface area contributed by atoms with E-state index in [4.69, 9.17) is 40.5 Å². The van der Waals surface area contributed by atoms with Crippen molar-refractivity contribution in [3.05, 3.63) is 11.2 Å². The monoisotopic (exact) mass is 199 g/mol. The third-order valence-corrected chi connectivity index (χ3v) is 1.39. The Morgan fingerprint density at radius 2 is 2.20 bits per heavy atom. The number of hydrogen-bond acceptors (Lipinski definition) is 3. The topological polar surface area (TPSA) is 50.4 Å². The third-order valence-electron chi connectivity index (χ3n) is 0.810. The highest BCUT2D eigenvalue weighted by atomic mass is 35.5. The minimum atomic E-state index is -1.40. The lowest BCUT2D eigenvalue weighted by Crippen LogP contribution is -2.47. The van der Waals surface area contributed by atoms with Crippen LogP contribution in [0.3, 0.4) is 0 Å². The number of halogens is 3. The summed E-state index contributed by atoms with van der Waals surface area (Å²) in [6, 6.07) is 0. The van der Waals surface area contributed by atoms with Crippen LogP contribution in [0.5, 0.6) is 0 Å². The number of hydrogen-bond donors (Lipinski definition) is 2. The first kappa shape index (κ1) is 8.14. The summed E-state index contributed by atoms with van der Waals surface area (Å²) in [7, 11) is 0. The van der Waals surface area contributed by atoms with Crippen molar-refractivity contribution in [2.75, 3.05) is 0 Å². The molecule has 0 aromatic carbocycles. The SMILES string of the molecule is NC1(Cl)N=C(Cl)C=C(Cl)N1. The van der Waals surface area contributed by atoms with Crippen molar-refractivity contribution in [3.63, 3.8) is 0 Å². The predicted octanol–water partition coefficient (Wildman–Crippen LogP) is 1.12. The summed E-state index contributed by atoms with van der Waals surface area (Å²) in [4.78, 5) is 3.62. The molecule has 3 N–H and O–H groups in total. The molecule has 0 fully saturated rings. The van der Waals surface area contributed by atoms with Crippen LogP contribution in [0.15, 0.2) is 16.2 Å². The van der Waals surface area contributed by atoms with E-state index in [0.29, 0.717) is 0 Å². The fourth-order valence-corrected chi connectivity index (χ4v) is 1.35. The van der Waals surface area contributed by atoms with E-state index in [1.807, 2.05) is 0 Å². The lowest BCUT2D eigenvalue weighted by molar-refractivity contribution is 0.557. The van der Waals surface area contributed by atoms with Crippen molar-refractivity contribution in [1.82, 2.24) is 5.32 Å². The average Bonchev–Trinajstić information content (AvgIpc) is 1.54. The summed E-state index contributed by atoms with van der Waals surface area (Å²) in [6.07, 6.45) is 1.41. The first-order valence-electron chi connectivity index (χ1n) is 2.38. The summed E-state index contributed by atoms with van der Waals surface area (Å²) in [5.74, 6) is 0. The molecule has 3 nitrogen and oxygen atoms in total. The first-order chi connectivity index (χ1) is 4.49. The Morgan fingerprint density at radius 1 is 1.60 bits per heavy atom. The van der Waals surface area contributed by atoms with Gasteiger partial charge in [-0.3, -0.25) is 5.73 Å². The highest BCUT2D eigenvalue weighted by Gasteiger charge is 2.23. The fourth-order valence-electron chi connectivity index (χ4n) is 0.524. The molecule has 0 amide bonds. The van der Waals surface area contributed by atoms with Gasteiger partial charge in [0, 0.05) is 6.08 Å². The van der Waals surface area contributed by atoms with E-state index >= 15 is 0 Å². The van der Waals surface area contributed by atoms with E-state index in [9.17, 15) is 0 Å². The number of aliphatic imine (C=N–C) groups is 1. The molecule has 56 valence electrons. The quantitative estimate of drug-likeness (QED) is 0.455. The Balaban J connectivity index is 2.88.